The zero-order chi connectivity index (χ0) is 11.3. The second kappa shape index (κ2) is 6.26. The largest absolute Gasteiger partial charge is 0.492 e. The maximum absolute atomic E-state index is 10.5. The zero-order valence-corrected chi connectivity index (χ0v) is 11.5. The molecular weight excluding hydrogens is 377 g/mol. The summed E-state index contributed by atoms with van der Waals surface area (Å²) < 4.78 is 6.21. The molecule has 0 heterocycles. The molecule has 0 fully saturated rings. The number of nitro groups is 1. The molecule has 0 unspecified atom stereocenters. The van der Waals surface area contributed by atoms with Gasteiger partial charge in [-0.2, -0.15) is 0 Å². The Bertz CT molecular complexity index is 359. The summed E-state index contributed by atoms with van der Waals surface area (Å²) in [6, 6.07) is 4.59. The van der Waals surface area contributed by atoms with Gasteiger partial charge in [0.15, 0.2) is 0 Å². The van der Waals surface area contributed by atoms with Crippen LogP contribution >= 0.6 is 38.5 Å². The molecular formula is C9H9BrINO3. The van der Waals surface area contributed by atoms with E-state index in [0.29, 0.717) is 12.4 Å². The Morgan fingerprint density at radius 2 is 2.27 bits per heavy atom. The molecule has 0 amide bonds. The Balaban J connectivity index is 2.70. The molecule has 0 saturated heterocycles. The minimum absolute atomic E-state index is 0.0900. The van der Waals surface area contributed by atoms with E-state index in [1.54, 1.807) is 6.07 Å². The van der Waals surface area contributed by atoms with Gasteiger partial charge in [0.25, 0.3) is 5.69 Å². The van der Waals surface area contributed by atoms with Crippen LogP contribution in [0.15, 0.2) is 18.2 Å². The summed E-state index contributed by atoms with van der Waals surface area (Å²) >= 11 is 5.33. The molecule has 0 radical (unpaired) electrons. The van der Waals surface area contributed by atoms with E-state index in [0.717, 1.165) is 15.3 Å². The molecule has 4 nitrogen and oxygen atoms in total. The molecule has 0 atom stereocenters. The fourth-order valence-corrected chi connectivity index (χ4v) is 1.84. The Morgan fingerprint density at radius 3 is 2.80 bits per heavy atom. The van der Waals surface area contributed by atoms with E-state index in [-0.39, 0.29) is 5.69 Å². The molecule has 0 saturated carbocycles. The third-order valence-corrected chi connectivity index (χ3v) is 3.07. The number of alkyl halides is 1. The lowest BCUT2D eigenvalue weighted by Crippen LogP contribution is -1.99. The molecule has 1 aromatic carbocycles. The molecule has 1 rings (SSSR count). The maximum Gasteiger partial charge on any atom is 0.270 e. The average Bonchev–Trinajstić information content (AvgIpc) is 2.20. The van der Waals surface area contributed by atoms with Gasteiger partial charge < -0.3 is 4.74 Å². The third kappa shape index (κ3) is 3.94. The summed E-state index contributed by atoms with van der Waals surface area (Å²) in [5.74, 6) is 0.696. The van der Waals surface area contributed by atoms with Crippen molar-refractivity contribution >= 4 is 44.2 Å². The predicted molar refractivity (Wildman–Crippen MR) is 69.7 cm³/mol. The standard InChI is InChI=1S/C9H9BrINO3/c10-4-1-5-15-9-3-2-7(12(13)14)6-8(9)11/h2-3,6H,1,4-5H2. The van der Waals surface area contributed by atoms with Crippen molar-refractivity contribution in [1.29, 1.82) is 0 Å². The number of ether oxygens (including phenoxy) is 1. The van der Waals surface area contributed by atoms with Crippen LogP contribution in [0.3, 0.4) is 0 Å². The minimum atomic E-state index is -0.412. The molecule has 6 heteroatoms. The van der Waals surface area contributed by atoms with Crippen LogP contribution in [0.1, 0.15) is 6.42 Å². The first kappa shape index (κ1) is 12.7. The molecule has 0 bridgehead atoms. The van der Waals surface area contributed by atoms with Crippen molar-refractivity contribution in [2.75, 3.05) is 11.9 Å². The fraction of sp³-hybridized carbons (Fsp3) is 0.333. The minimum Gasteiger partial charge on any atom is -0.492 e. The van der Waals surface area contributed by atoms with Crippen LogP contribution in [0.25, 0.3) is 0 Å². The number of non-ortho nitro benzene ring substituents is 1. The summed E-state index contributed by atoms with van der Waals surface area (Å²) in [5, 5.41) is 11.4. The van der Waals surface area contributed by atoms with Crippen LogP contribution in [0.2, 0.25) is 0 Å². The van der Waals surface area contributed by atoms with E-state index in [1.165, 1.54) is 12.1 Å². The first-order valence-electron chi connectivity index (χ1n) is 4.28. The van der Waals surface area contributed by atoms with E-state index in [4.69, 9.17) is 4.74 Å². The summed E-state index contributed by atoms with van der Waals surface area (Å²) in [5.41, 5.74) is 0.0900. The molecule has 0 aromatic heterocycles. The summed E-state index contributed by atoms with van der Waals surface area (Å²) in [4.78, 5) is 10.1. The predicted octanol–water partition coefficient (Wildman–Crippen LogP) is 3.36. The van der Waals surface area contributed by atoms with Crippen LogP contribution in [0.4, 0.5) is 5.69 Å². The van der Waals surface area contributed by atoms with Crippen LogP contribution in [-0.2, 0) is 0 Å². The Kier molecular flexibility index (Phi) is 5.30. The molecule has 15 heavy (non-hydrogen) atoms. The lowest BCUT2D eigenvalue weighted by atomic mass is 10.3. The van der Waals surface area contributed by atoms with Crippen molar-refractivity contribution in [3.63, 3.8) is 0 Å². The van der Waals surface area contributed by atoms with Crippen LogP contribution in [0, 0.1) is 13.7 Å². The topological polar surface area (TPSA) is 52.4 Å². The third-order valence-electron chi connectivity index (χ3n) is 1.66. The van der Waals surface area contributed by atoms with Gasteiger partial charge in [-0.1, -0.05) is 15.9 Å². The highest BCUT2D eigenvalue weighted by atomic mass is 127. The van der Waals surface area contributed by atoms with Gasteiger partial charge in [-0.15, -0.1) is 0 Å². The van der Waals surface area contributed by atoms with Crippen LogP contribution in [-0.4, -0.2) is 16.9 Å². The van der Waals surface area contributed by atoms with Crippen molar-refractivity contribution in [1.82, 2.24) is 0 Å². The highest BCUT2D eigenvalue weighted by Crippen LogP contribution is 2.25. The SMILES string of the molecule is O=[N+]([O-])c1ccc(OCCCBr)c(I)c1. The number of nitro benzene ring substituents is 1. The first-order valence-corrected chi connectivity index (χ1v) is 6.48. The van der Waals surface area contributed by atoms with Crippen molar-refractivity contribution in [2.24, 2.45) is 0 Å². The zero-order valence-electron chi connectivity index (χ0n) is 7.78. The Morgan fingerprint density at radius 1 is 1.53 bits per heavy atom. The number of nitrogens with zero attached hydrogens (tertiary/aromatic N) is 1. The van der Waals surface area contributed by atoms with Gasteiger partial charge in [0.05, 0.1) is 15.1 Å². The summed E-state index contributed by atoms with van der Waals surface area (Å²) in [6.45, 7) is 0.610. The van der Waals surface area contributed by atoms with Crippen LogP contribution in [0.5, 0.6) is 5.75 Å². The van der Waals surface area contributed by atoms with E-state index in [2.05, 4.69) is 15.9 Å². The monoisotopic (exact) mass is 385 g/mol. The molecule has 0 aliphatic carbocycles. The van der Waals surface area contributed by atoms with Crippen molar-refractivity contribution < 1.29 is 9.66 Å². The number of hydrogen-bond donors (Lipinski definition) is 0. The summed E-state index contributed by atoms with van der Waals surface area (Å²) in [7, 11) is 0. The molecule has 0 N–H and O–H groups in total. The fourth-order valence-electron chi connectivity index (χ4n) is 0.957. The van der Waals surface area contributed by atoms with E-state index < -0.39 is 4.92 Å². The van der Waals surface area contributed by atoms with E-state index in [1.807, 2.05) is 22.6 Å². The van der Waals surface area contributed by atoms with Crippen LogP contribution < -0.4 is 4.74 Å². The molecule has 0 aliphatic heterocycles. The lowest BCUT2D eigenvalue weighted by molar-refractivity contribution is -0.385. The van der Waals surface area contributed by atoms with Gasteiger partial charge in [-0.25, -0.2) is 0 Å². The highest BCUT2D eigenvalue weighted by Gasteiger charge is 2.09. The molecule has 82 valence electrons. The van der Waals surface area contributed by atoms with Crippen molar-refractivity contribution in [3.8, 4) is 5.75 Å². The van der Waals surface area contributed by atoms with Gasteiger partial charge in [0.1, 0.15) is 5.75 Å². The number of rotatable bonds is 5. The average molecular weight is 386 g/mol. The molecule has 0 spiro atoms. The summed E-state index contributed by atoms with van der Waals surface area (Å²) in [6.07, 6.45) is 0.910. The van der Waals surface area contributed by atoms with Gasteiger partial charge in [-0.05, 0) is 35.1 Å². The molecule has 0 aliphatic rings. The lowest BCUT2D eigenvalue weighted by Gasteiger charge is -2.06. The van der Waals surface area contributed by atoms with Gasteiger partial charge in [0.2, 0.25) is 0 Å². The first-order chi connectivity index (χ1) is 7.15. The van der Waals surface area contributed by atoms with Gasteiger partial charge in [-0.3, -0.25) is 10.1 Å². The van der Waals surface area contributed by atoms with Crippen molar-refractivity contribution in [3.05, 3.63) is 31.9 Å². The smallest absolute Gasteiger partial charge is 0.270 e. The Labute approximate surface area is 109 Å². The molecule has 1 aromatic rings. The van der Waals surface area contributed by atoms with E-state index >= 15 is 0 Å². The second-order valence-electron chi connectivity index (χ2n) is 2.76. The number of halogens is 2. The normalized spacial score (nSPS) is 10.0. The van der Waals surface area contributed by atoms with Gasteiger partial charge in [0, 0.05) is 17.5 Å². The number of hydrogen-bond acceptors (Lipinski definition) is 3. The van der Waals surface area contributed by atoms with E-state index in [9.17, 15) is 10.1 Å². The second-order valence-corrected chi connectivity index (χ2v) is 4.72. The Hall–Kier alpha value is -0.370. The quantitative estimate of drug-likeness (QED) is 0.257. The van der Waals surface area contributed by atoms with Crippen molar-refractivity contribution in [2.45, 2.75) is 6.42 Å². The number of benzene rings is 1. The maximum atomic E-state index is 10.5. The van der Waals surface area contributed by atoms with Gasteiger partial charge >= 0.3 is 0 Å². The highest BCUT2D eigenvalue weighted by molar-refractivity contribution is 14.1.